The van der Waals surface area contributed by atoms with Gasteiger partial charge in [-0.1, -0.05) is 0 Å². The predicted molar refractivity (Wildman–Crippen MR) is 49.0 cm³/mol. The first-order valence-electron chi connectivity index (χ1n) is 4.39. The maximum Gasteiger partial charge on any atom is 0.126 e. The highest BCUT2D eigenvalue weighted by atomic mass is 19.1. The van der Waals surface area contributed by atoms with Crippen LogP contribution in [0.15, 0.2) is 18.2 Å². The molecule has 0 aliphatic heterocycles. The summed E-state index contributed by atoms with van der Waals surface area (Å²) in [5.74, 6) is 0.322. The minimum atomic E-state index is -0.107. The number of nitrogens with one attached hydrogen (secondary N) is 1. The van der Waals surface area contributed by atoms with Crippen LogP contribution in [-0.2, 0) is 4.84 Å². The highest BCUT2D eigenvalue weighted by Crippen LogP contribution is 2.41. The van der Waals surface area contributed by atoms with Crippen LogP contribution in [0.3, 0.4) is 0 Å². The quantitative estimate of drug-likeness (QED) is 0.724. The van der Waals surface area contributed by atoms with E-state index in [2.05, 4.69) is 5.48 Å². The lowest BCUT2D eigenvalue weighted by atomic mass is 10.1. The fourth-order valence-corrected chi connectivity index (χ4v) is 1.43. The number of hydrogen-bond donors (Lipinski definition) is 1. The smallest absolute Gasteiger partial charge is 0.126 e. The molecule has 2 rings (SSSR count). The highest BCUT2D eigenvalue weighted by Gasteiger charge is 2.26. The Kier molecular flexibility index (Phi) is 2.19. The van der Waals surface area contributed by atoms with Gasteiger partial charge in [0, 0.05) is 0 Å². The SMILES string of the molecule is CONc1ccc(F)c(C2CC2)c1. The van der Waals surface area contributed by atoms with Gasteiger partial charge in [-0.15, -0.1) is 0 Å². The van der Waals surface area contributed by atoms with Gasteiger partial charge in [-0.25, -0.2) is 4.39 Å². The lowest BCUT2D eigenvalue weighted by Gasteiger charge is -2.06. The molecule has 70 valence electrons. The zero-order valence-electron chi connectivity index (χ0n) is 7.51. The van der Waals surface area contributed by atoms with E-state index in [1.807, 2.05) is 6.07 Å². The zero-order valence-corrected chi connectivity index (χ0v) is 7.51. The van der Waals surface area contributed by atoms with Crippen molar-refractivity contribution in [2.45, 2.75) is 18.8 Å². The Morgan fingerprint density at radius 2 is 2.23 bits per heavy atom. The molecule has 0 radical (unpaired) electrons. The number of anilines is 1. The summed E-state index contributed by atoms with van der Waals surface area (Å²) >= 11 is 0. The van der Waals surface area contributed by atoms with Crippen LogP contribution in [0.1, 0.15) is 24.3 Å². The van der Waals surface area contributed by atoms with Gasteiger partial charge >= 0.3 is 0 Å². The standard InChI is InChI=1S/C10H12FNO/c1-13-12-8-4-5-10(11)9(6-8)7-2-3-7/h4-7,12H,2-3H2,1H3. The fourth-order valence-electron chi connectivity index (χ4n) is 1.43. The predicted octanol–water partition coefficient (Wildman–Crippen LogP) is 2.68. The van der Waals surface area contributed by atoms with Gasteiger partial charge in [-0.2, -0.15) is 0 Å². The molecule has 1 aliphatic rings. The van der Waals surface area contributed by atoms with E-state index in [0.717, 1.165) is 24.1 Å². The van der Waals surface area contributed by atoms with Crippen molar-refractivity contribution in [1.82, 2.24) is 0 Å². The van der Waals surface area contributed by atoms with Crippen LogP contribution >= 0.6 is 0 Å². The van der Waals surface area contributed by atoms with Gasteiger partial charge in [-0.3, -0.25) is 10.3 Å². The molecule has 1 aliphatic carbocycles. The summed E-state index contributed by atoms with van der Waals surface area (Å²) in [6.45, 7) is 0. The number of halogens is 1. The molecular weight excluding hydrogens is 169 g/mol. The van der Waals surface area contributed by atoms with Crippen LogP contribution < -0.4 is 5.48 Å². The largest absolute Gasteiger partial charge is 0.279 e. The Balaban J connectivity index is 2.25. The monoisotopic (exact) mass is 181 g/mol. The maximum atomic E-state index is 13.2. The first-order valence-corrected chi connectivity index (χ1v) is 4.39. The number of hydrogen-bond acceptors (Lipinski definition) is 2. The average molecular weight is 181 g/mol. The topological polar surface area (TPSA) is 21.3 Å². The maximum absolute atomic E-state index is 13.2. The minimum absolute atomic E-state index is 0.107. The third kappa shape index (κ3) is 1.80. The van der Waals surface area contributed by atoms with Crippen molar-refractivity contribution in [3.8, 4) is 0 Å². The minimum Gasteiger partial charge on any atom is -0.279 e. The van der Waals surface area contributed by atoms with Crippen LogP contribution in [-0.4, -0.2) is 7.11 Å². The molecule has 13 heavy (non-hydrogen) atoms. The van der Waals surface area contributed by atoms with Gasteiger partial charge < -0.3 is 0 Å². The molecule has 0 spiro atoms. The van der Waals surface area contributed by atoms with Crippen LogP contribution in [0.4, 0.5) is 10.1 Å². The van der Waals surface area contributed by atoms with E-state index in [-0.39, 0.29) is 5.82 Å². The molecule has 1 N–H and O–H groups in total. The van der Waals surface area contributed by atoms with E-state index in [1.165, 1.54) is 6.07 Å². The molecule has 2 nitrogen and oxygen atoms in total. The van der Waals surface area contributed by atoms with Crippen molar-refractivity contribution in [2.24, 2.45) is 0 Å². The van der Waals surface area contributed by atoms with Crippen LogP contribution in [0.2, 0.25) is 0 Å². The van der Waals surface area contributed by atoms with Crippen LogP contribution in [0.25, 0.3) is 0 Å². The van der Waals surface area contributed by atoms with Gasteiger partial charge in [0.05, 0.1) is 12.8 Å². The molecule has 0 heterocycles. The molecule has 0 saturated heterocycles. The Morgan fingerprint density at radius 1 is 1.46 bits per heavy atom. The van der Waals surface area contributed by atoms with Crippen molar-refractivity contribution in [3.63, 3.8) is 0 Å². The molecule has 1 aromatic carbocycles. The van der Waals surface area contributed by atoms with Crippen LogP contribution in [0.5, 0.6) is 0 Å². The second-order valence-electron chi connectivity index (χ2n) is 3.32. The van der Waals surface area contributed by atoms with E-state index in [0.29, 0.717) is 5.92 Å². The van der Waals surface area contributed by atoms with Gasteiger partial charge in [0.15, 0.2) is 0 Å². The first kappa shape index (κ1) is 8.51. The molecule has 3 heteroatoms. The lowest BCUT2D eigenvalue weighted by Crippen LogP contribution is -1.97. The molecule has 0 aromatic heterocycles. The molecule has 0 bridgehead atoms. The van der Waals surface area contributed by atoms with E-state index in [1.54, 1.807) is 13.2 Å². The van der Waals surface area contributed by atoms with Crippen molar-refractivity contribution < 1.29 is 9.23 Å². The molecule has 0 atom stereocenters. The molecule has 1 aromatic rings. The summed E-state index contributed by atoms with van der Waals surface area (Å²) in [7, 11) is 1.54. The second kappa shape index (κ2) is 3.34. The van der Waals surface area contributed by atoms with Crippen LogP contribution in [0, 0.1) is 5.82 Å². The first-order chi connectivity index (χ1) is 6.31. The van der Waals surface area contributed by atoms with Gasteiger partial charge in [-0.05, 0) is 42.5 Å². The van der Waals surface area contributed by atoms with Gasteiger partial charge in [0.25, 0.3) is 0 Å². The number of benzene rings is 1. The Labute approximate surface area is 76.7 Å². The summed E-state index contributed by atoms with van der Waals surface area (Å²) < 4.78 is 13.2. The zero-order chi connectivity index (χ0) is 9.26. The normalized spacial score (nSPS) is 15.8. The lowest BCUT2D eigenvalue weighted by molar-refractivity contribution is 0.271. The number of rotatable bonds is 3. The Morgan fingerprint density at radius 3 is 2.85 bits per heavy atom. The molecular formula is C10H12FNO. The summed E-state index contributed by atoms with van der Waals surface area (Å²) in [6.07, 6.45) is 2.21. The second-order valence-corrected chi connectivity index (χ2v) is 3.32. The third-order valence-corrected chi connectivity index (χ3v) is 2.23. The summed E-state index contributed by atoms with van der Waals surface area (Å²) in [5, 5.41) is 0. The van der Waals surface area contributed by atoms with E-state index < -0.39 is 0 Å². The van der Waals surface area contributed by atoms with Gasteiger partial charge in [0.1, 0.15) is 5.82 Å². The van der Waals surface area contributed by atoms with E-state index in [4.69, 9.17) is 4.84 Å². The summed E-state index contributed by atoms with van der Waals surface area (Å²) in [6, 6.07) is 4.97. The van der Waals surface area contributed by atoms with Gasteiger partial charge in [0.2, 0.25) is 0 Å². The third-order valence-electron chi connectivity index (χ3n) is 2.23. The van der Waals surface area contributed by atoms with Crippen molar-refractivity contribution >= 4 is 5.69 Å². The Bertz CT molecular complexity index is 310. The van der Waals surface area contributed by atoms with E-state index >= 15 is 0 Å². The summed E-state index contributed by atoms with van der Waals surface area (Å²) in [4.78, 5) is 4.75. The van der Waals surface area contributed by atoms with Crippen molar-refractivity contribution in [1.29, 1.82) is 0 Å². The van der Waals surface area contributed by atoms with Crippen molar-refractivity contribution in [2.75, 3.05) is 12.6 Å². The molecule has 1 fully saturated rings. The van der Waals surface area contributed by atoms with E-state index in [9.17, 15) is 4.39 Å². The molecule has 0 unspecified atom stereocenters. The Hall–Kier alpha value is -1.09. The fraction of sp³-hybridized carbons (Fsp3) is 0.400. The average Bonchev–Trinajstić information content (AvgIpc) is 2.92. The molecule has 0 amide bonds. The van der Waals surface area contributed by atoms with Crippen molar-refractivity contribution in [3.05, 3.63) is 29.6 Å². The summed E-state index contributed by atoms with van der Waals surface area (Å²) in [5.41, 5.74) is 4.31. The molecule has 1 saturated carbocycles. The highest BCUT2D eigenvalue weighted by molar-refractivity contribution is 5.46.